The van der Waals surface area contributed by atoms with E-state index in [2.05, 4.69) is 26.1 Å². The third-order valence-corrected chi connectivity index (χ3v) is 4.09. The normalized spacial score (nSPS) is 23.7. The van der Waals surface area contributed by atoms with E-state index >= 15 is 0 Å². The van der Waals surface area contributed by atoms with E-state index in [4.69, 9.17) is 16.3 Å². The number of hydrogen-bond acceptors (Lipinski definition) is 2. The van der Waals surface area contributed by atoms with Crippen LogP contribution in [0, 0.1) is 0 Å². The number of rotatable bonds is 3. The van der Waals surface area contributed by atoms with Crippen molar-refractivity contribution in [3.63, 3.8) is 0 Å². The molecule has 1 N–H and O–H groups in total. The van der Waals surface area contributed by atoms with Crippen molar-refractivity contribution in [1.29, 1.82) is 0 Å². The van der Waals surface area contributed by atoms with Gasteiger partial charge >= 0.3 is 0 Å². The average Bonchev–Trinajstić information content (AvgIpc) is 2.76. The van der Waals surface area contributed by atoms with Crippen LogP contribution in [0.2, 0.25) is 5.02 Å². The van der Waals surface area contributed by atoms with Gasteiger partial charge in [0.15, 0.2) is 0 Å². The highest BCUT2D eigenvalue weighted by Gasteiger charge is 2.34. The Morgan fingerprint density at radius 1 is 1.39 bits per heavy atom. The molecule has 1 fully saturated rings. The van der Waals surface area contributed by atoms with Gasteiger partial charge in [-0.1, -0.05) is 25.4 Å². The van der Waals surface area contributed by atoms with Crippen LogP contribution in [-0.2, 0) is 5.54 Å². The lowest BCUT2D eigenvalue weighted by atomic mass is 9.86. The van der Waals surface area contributed by atoms with Crippen LogP contribution in [0.15, 0.2) is 12.1 Å². The van der Waals surface area contributed by atoms with Crippen LogP contribution in [0.1, 0.15) is 50.7 Å². The molecule has 1 aliphatic heterocycles. The van der Waals surface area contributed by atoms with Crippen LogP contribution < -0.4 is 10.1 Å². The van der Waals surface area contributed by atoms with Crippen molar-refractivity contribution in [1.82, 2.24) is 5.32 Å². The first-order valence-corrected chi connectivity index (χ1v) is 6.98. The second-order valence-electron chi connectivity index (χ2n) is 5.59. The van der Waals surface area contributed by atoms with Gasteiger partial charge in [0.25, 0.3) is 0 Å². The minimum absolute atomic E-state index is 0.0140. The number of methoxy groups -OCH3 is 1. The summed E-state index contributed by atoms with van der Waals surface area (Å²) < 4.78 is 5.67. The lowest BCUT2D eigenvalue weighted by Crippen LogP contribution is -2.33. The topological polar surface area (TPSA) is 21.3 Å². The first-order chi connectivity index (χ1) is 8.48. The molecule has 0 aromatic heterocycles. The van der Waals surface area contributed by atoms with Gasteiger partial charge in [-0.3, -0.25) is 0 Å². The Bertz CT molecular complexity index is 436. The monoisotopic (exact) mass is 267 g/mol. The highest BCUT2D eigenvalue weighted by atomic mass is 35.5. The average molecular weight is 268 g/mol. The summed E-state index contributed by atoms with van der Waals surface area (Å²) in [6.45, 7) is 7.63. The van der Waals surface area contributed by atoms with Crippen LogP contribution in [0.3, 0.4) is 0 Å². The van der Waals surface area contributed by atoms with E-state index in [-0.39, 0.29) is 5.54 Å². The van der Waals surface area contributed by atoms with Crippen molar-refractivity contribution in [2.24, 2.45) is 0 Å². The zero-order chi connectivity index (χ0) is 13.3. The van der Waals surface area contributed by atoms with Gasteiger partial charge in [0, 0.05) is 16.1 Å². The highest BCUT2D eigenvalue weighted by Crippen LogP contribution is 2.42. The van der Waals surface area contributed by atoms with Crippen molar-refractivity contribution in [3.05, 3.63) is 28.3 Å². The number of ether oxygens (including phenoxy) is 1. The molecule has 0 saturated carbocycles. The Morgan fingerprint density at radius 2 is 2.11 bits per heavy atom. The molecule has 1 aromatic rings. The quantitative estimate of drug-likeness (QED) is 0.891. The summed E-state index contributed by atoms with van der Waals surface area (Å²) in [4.78, 5) is 0. The van der Waals surface area contributed by atoms with E-state index in [1.54, 1.807) is 7.11 Å². The predicted octanol–water partition coefficient (Wildman–Crippen LogP) is 4.07. The van der Waals surface area contributed by atoms with Crippen LogP contribution in [0.25, 0.3) is 0 Å². The van der Waals surface area contributed by atoms with Gasteiger partial charge in [0.05, 0.1) is 7.11 Å². The maximum Gasteiger partial charge on any atom is 0.127 e. The van der Waals surface area contributed by atoms with Crippen LogP contribution in [-0.4, -0.2) is 13.7 Å². The molecule has 18 heavy (non-hydrogen) atoms. The molecular formula is C15H22ClNO. The molecule has 100 valence electrons. The van der Waals surface area contributed by atoms with Gasteiger partial charge in [0.2, 0.25) is 0 Å². The highest BCUT2D eigenvalue weighted by molar-refractivity contribution is 6.30. The molecule has 1 atom stereocenters. The molecule has 0 aliphatic carbocycles. The van der Waals surface area contributed by atoms with Crippen molar-refractivity contribution in [2.75, 3.05) is 13.7 Å². The molecule has 0 bridgehead atoms. The van der Waals surface area contributed by atoms with E-state index in [1.807, 2.05) is 12.1 Å². The SMILES string of the molecule is COc1c(C(C)C)cc(Cl)cc1C1(C)CCCN1. The smallest absolute Gasteiger partial charge is 0.127 e. The van der Waals surface area contributed by atoms with E-state index in [1.165, 1.54) is 17.5 Å². The standard InChI is InChI=1S/C15H22ClNO/c1-10(2)12-8-11(16)9-13(14(12)18-4)15(3)6-5-7-17-15/h8-10,17H,5-7H2,1-4H3. The summed E-state index contributed by atoms with van der Waals surface area (Å²) in [6, 6.07) is 4.07. The Hall–Kier alpha value is -0.730. The maximum atomic E-state index is 6.28. The first-order valence-electron chi connectivity index (χ1n) is 6.61. The second-order valence-corrected chi connectivity index (χ2v) is 6.03. The molecular weight excluding hydrogens is 246 g/mol. The fraction of sp³-hybridized carbons (Fsp3) is 0.600. The van der Waals surface area contributed by atoms with Crippen molar-refractivity contribution < 1.29 is 4.74 Å². The van der Waals surface area contributed by atoms with E-state index in [0.29, 0.717) is 5.92 Å². The van der Waals surface area contributed by atoms with Crippen LogP contribution >= 0.6 is 11.6 Å². The first kappa shape index (κ1) is 13.7. The fourth-order valence-corrected chi connectivity index (χ4v) is 3.03. The third-order valence-electron chi connectivity index (χ3n) is 3.87. The zero-order valence-electron chi connectivity index (χ0n) is 11.6. The van der Waals surface area contributed by atoms with Crippen LogP contribution in [0.4, 0.5) is 0 Å². The molecule has 1 aliphatic rings. The predicted molar refractivity (Wildman–Crippen MR) is 76.7 cm³/mol. The molecule has 1 heterocycles. The molecule has 0 spiro atoms. The number of halogens is 1. The summed E-state index contributed by atoms with van der Waals surface area (Å²) in [5, 5.41) is 4.37. The lowest BCUT2D eigenvalue weighted by molar-refractivity contribution is 0.366. The van der Waals surface area contributed by atoms with E-state index in [9.17, 15) is 0 Å². The van der Waals surface area contributed by atoms with Gasteiger partial charge < -0.3 is 10.1 Å². The summed E-state index contributed by atoms with van der Waals surface area (Å²) in [7, 11) is 1.75. The lowest BCUT2D eigenvalue weighted by Gasteiger charge is -2.29. The molecule has 1 saturated heterocycles. The Kier molecular flexibility index (Phi) is 3.88. The summed E-state index contributed by atoms with van der Waals surface area (Å²) in [5.74, 6) is 1.40. The van der Waals surface area contributed by atoms with Crippen molar-refractivity contribution >= 4 is 11.6 Å². The van der Waals surface area contributed by atoms with Gasteiger partial charge in [0.1, 0.15) is 5.75 Å². The Morgan fingerprint density at radius 3 is 2.61 bits per heavy atom. The maximum absolute atomic E-state index is 6.28. The molecule has 2 nitrogen and oxygen atoms in total. The number of nitrogens with one attached hydrogen (secondary N) is 1. The van der Waals surface area contributed by atoms with Crippen molar-refractivity contribution in [3.8, 4) is 5.75 Å². The molecule has 0 amide bonds. The van der Waals surface area contributed by atoms with Gasteiger partial charge in [-0.15, -0.1) is 0 Å². The molecule has 2 rings (SSSR count). The van der Waals surface area contributed by atoms with Gasteiger partial charge in [-0.2, -0.15) is 0 Å². The molecule has 0 radical (unpaired) electrons. The minimum Gasteiger partial charge on any atom is -0.496 e. The summed E-state index contributed by atoms with van der Waals surface area (Å²) in [6.07, 6.45) is 2.32. The van der Waals surface area contributed by atoms with Gasteiger partial charge in [-0.05, 0) is 49.9 Å². The minimum atomic E-state index is -0.0140. The number of hydrogen-bond donors (Lipinski definition) is 1. The molecule has 1 aromatic carbocycles. The fourth-order valence-electron chi connectivity index (χ4n) is 2.81. The van der Waals surface area contributed by atoms with Crippen LogP contribution in [0.5, 0.6) is 5.75 Å². The van der Waals surface area contributed by atoms with Gasteiger partial charge in [-0.25, -0.2) is 0 Å². The van der Waals surface area contributed by atoms with E-state index in [0.717, 1.165) is 23.7 Å². The Labute approximate surface area is 115 Å². The second kappa shape index (κ2) is 5.10. The Balaban J connectivity index is 2.58. The molecule has 3 heteroatoms. The number of benzene rings is 1. The third kappa shape index (κ3) is 2.36. The van der Waals surface area contributed by atoms with E-state index < -0.39 is 0 Å². The van der Waals surface area contributed by atoms with Crippen molar-refractivity contribution in [2.45, 2.75) is 45.1 Å². The molecule has 1 unspecified atom stereocenters. The largest absolute Gasteiger partial charge is 0.496 e. The summed E-state index contributed by atoms with van der Waals surface area (Å²) in [5.41, 5.74) is 2.37. The zero-order valence-corrected chi connectivity index (χ0v) is 12.4. The summed E-state index contributed by atoms with van der Waals surface area (Å²) >= 11 is 6.28.